The van der Waals surface area contributed by atoms with Gasteiger partial charge in [0.15, 0.2) is 6.29 Å². The first kappa shape index (κ1) is 11.3. The van der Waals surface area contributed by atoms with Crippen LogP contribution in [0.5, 0.6) is 0 Å². The molecule has 0 saturated heterocycles. The predicted octanol–water partition coefficient (Wildman–Crippen LogP) is 0.690. The third-order valence-corrected chi connectivity index (χ3v) is 0.361. The highest BCUT2D eigenvalue weighted by molar-refractivity contribution is 6.19. The molecule has 52 valence electrons. The largest absolute Gasteiger partial charge is 0.388 e. The molecule has 0 heterocycles. The second-order valence-electron chi connectivity index (χ2n) is 0.981. The molecular formula is C6H9ClO2. The van der Waals surface area contributed by atoms with E-state index in [0.29, 0.717) is 6.29 Å². The molecule has 9 heavy (non-hydrogen) atoms. The van der Waals surface area contributed by atoms with Gasteiger partial charge in [-0.25, -0.2) is 0 Å². The smallest absolute Gasteiger partial charge is 0.192 e. The average molecular weight is 149 g/mol. The van der Waals surface area contributed by atoms with Gasteiger partial charge in [0.05, 0.1) is 5.88 Å². The maximum atomic E-state index is 9.33. The fourth-order valence-electron chi connectivity index (χ4n) is 0.0802. The molecule has 0 radical (unpaired) electrons. The summed E-state index contributed by atoms with van der Waals surface area (Å²) < 4.78 is 4.25. The van der Waals surface area contributed by atoms with Gasteiger partial charge in [-0.1, -0.05) is 5.92 Å². The maximum absolute atomic E-state index is 9.33. The van der Waals surface area contributed by atoms with E-state index in [9.17, 15) is 4.79 Å². The van der Waals surface area contributed by atoms with E-state index in [-0.39, 0.29) is 5.88 Å². The second-order valence-corrected chi connectivity index (χ2v) is 1.25. The number of halogens is 1. The van der Waals surface area contributed by atoms with Crippen LogP contribution in [0.25, 0.3) is 0 Å². The molecule has 0 unspecified atom stereocenters. The quantitative estimate of drug-likeness (QED) is 0.287. The fraction of sp³-hybridized carbons (Fsp3) is 0.500. The number of aldehydes is 1. The van der Waals surface area contributed by atoms with Crippen molar-refractivity contribution in [3.63, 3.8) is 0 Å². The molecule has 0 aliphatic heterocycles. The Bertz CT molecular complexity index is 101. The Kier molecular flexibility index (Phi) is 19.6. The molecule has 3 heteroatoms. The van der Waals surface area contributed by atoms with E-state index >= 15 is 0 Å². The minimum Gasteiger partial charge on any atom is -0.388 e. The van der Waals surface area contributed by atoms with Crippen LogP contribution in [-0.4, -0.2) is 26.4 Å². The third-order valence-electron chi connectivity index (χ3n) is 0.228. The Balaban J connectivity index is 0. The summed E-state index contributed by atoms with van der Waals surface area (Å²) in [6.07, 6.45) is 0.516. The van der Waals surface area contributed by atoms with Crippen LogP contribution in [0.15, 0.2) is 0 Å². The molecule has 0 aliphatic rings. The molecule has 0 rings (SSSR count). The van der Waals surface area contributed by atoms with Gasteiger partial charge in [-0.3, -0.25) is 4.79 Å². The molecule has 0 amide bonds. The van der Waals surface area contributed by atoms with Crippen molar-refractivity contribution in [2.45, 2.75) is 0 Å². The van der Waals surface area contributed by atoms with Crippen LogP contribution in [0, 0.1) is 11.8 Å². The summed E-state index contributed by atoms with van der Waals surface area (Å²) >= 11 is 5.05. The summed E-state index contributed by atoms with van der Waals surface area (Å²) in [5, 5.41) is 0. The zero-order chi connectivity index (χ0) is 7.54. The Hall–Kier alpha value is -0.520. The molecular weight excluding hydrogens is 140 g/mol. The lowest BCUT2D eigenvalue weighted by atomic mass is 10.7. The van der Waals surface area contributed by atoms with Crippen LogP contribution < -0.4 is 0 Å². The fourth-order valence-corrected chi connectivity index (χ4v) is 0.157. The van der Waals surface area contributed by atoms with Gasteiger partial charge in [-0.2, -0.15) is 0 Å². The first-order valence-corrected chi connectivity index (χ1v) is 2.75. The predicted molar refractivity (Wildman–Crippen MR) is 37.5 cm³/mol. The second kappa shape index (κ2) is 15.6. The van der Waals surface area contributed by atoms with E-state index in [4.69, 9.17) is 11.6 Å². The molecule has 0 bridgehead atoms. The minimum absolute atomic E-state index is 0.235. The number of rotatable bonds is 0. The highest BCUT2D eigenvalue weighted by Crippen LogP contribution is 1.63. The maximum Gasteiger partial charge on any atom is 0.192 e. The van der Waals surface area contributed by atoms with Crippen molar-refractivity contribution in [3.05, 3.63) is 0 Å². The van der Waals surface area contributed by atoms with Gasteiger partial charge in [0.2, 0.25) is 0 Å². The zero-order valence-electron chi connectivity index (χ0n) is 5.48. The molecule has 0 aliphatic carbocycles. The molecule has 0 N–H and O–H groups in total. The van der Waals surface area contributed by atoms with E-state index in [0.717, 1.165) is 0 Å². The van der Waals surface area contributed by atoms with E-state index < -0.39 is 0 Å². The zero-order valence-corrected chi connectivity index (χ0v) is 6.23. The lowest BCUT2D eigenvalue weighted by Crippen LogP contribution is -1.60. The summed E-state index contributed by atoms with van der Waals surface area (Å²) in [5.74, 6) is 4.72. The molecule has 0 fully saturated rings. The number of carbonyl (C=O) groups is 1. The Labute approximate surface area is 60.1 Å². The Morgan fingerprint density at radius 3 is 2.22 bits per heavy atom. The monoisotopic (exact) mass is 148 g/mol. The lowest BCUT2D eigenvalue weighted by molar-refractivity contribution is -0.103. The van der Waals surface area contributed by atoms with E-state index in [2.05, 4.69) is 16.6 Å². The molecule has 0 atom stereocenters. The van der Waals surface area contributed by atoms with Gasteiger partial charge in [0, 0.05) is 14.2 Å². The minimum atomic E-state index is 0.235. The summed E-state index contributed by atoms with van der Waals surface area (Å²) in [7, 11) is 3.25. The average Bonchev–Trinajstić information content (AvgIpc) is 1.86. The van der Waals surface area contributed by atoms with Gasteiger partial charge >= 0.3 is 0 Å². The van der Waals surface area contributed by atoms with Crippen LogP contribution in [0.2, 0.25) is 0 Å². The first-order valence-electron chi connectivity index (χ1n) is 2.21. The highest BCUT2D eigenvalue weighted by atomic mass is 35.5. The summed E-state index contributed by atoms with van der Waals surface area (Å²) in [5.41, 5.74) is 0. The molecule has 0 aromatic heterocycles. The molecule has 0 aromatic rings. The number of hydrogen-bond donors (Lipinski definition) is 0. The van der Waals surface area contributed by atoms with Crippen molar-refractivity contribution in [1.29, 1.82) is 0 Å². The molecule has 2 nitrogen and oxygen atoms in total. The Morgan fingerprint density at radius 2 is 2.11 bits per heavy atom. The van der Waals surface area contributed by atoms with Gasteiger partial charge in [-0.15, -0.1) is 11.6 Å². The van der Waals surface area contributed by atoms with Crippen LogP contribution in [0.4, 0.5) is 0 Å². The third kappa shape index (κ3) is 36.5. The number of ether oxygens (including phenoxy) is 1. The number of carbonyl (C=O) groups excluding carboxylic acids is 1. The van der Waals surface area contributed by atoms with Crippen molar-refractivity contribution in [3.8, 4) is 11.8 Å². The van der Waals surface area contributed by atoms with E-state index in [1.807, 2.05) is 0 Å². The van der Waals surface area contributed by atoms with Gasteiger partial charge in [0.25, 0.3) is 0 Å². The van der Waals surface area contributed by atoms with Gasteiger partial charge in [-0.05, 0) is 5.92 Å². The van der Waals surface area contributed by atoms with E-state index in [1.54, 1.807) is 14.2 Å². The highest BCUT2D eigenvalue weighted by Gasteiger charge is 1.56. The molecule has 0 saturated carbocycles. The Morgan fingerprint density at radius 1 is 1.67 bits per heavy atom. The summed E-state index contributed by atoms with van der Waals surface area (Å²) in [6, 6.07) is 0. The standard InChI is InChI=1S/C4H3ClO.C2H6O/c5-3-1-2-4-6;1-3-2/h4H,3H2;1-2H3. The summed E-state index contributed by atoms with van der Waals surface area (Å²) in [6.45, 7) is 0. The first-order chi connectivity index (χ1) is 4.33. The molecule has 0 spiro atoms. The van der Waals surface area contributed by atoms with Crippen LogP contribution in [0.1, 0.15) is 0 Å². The van der Waals surface area contributed by atoms with Crippen LogP contribution >= 0.6 is 11.6 Å². The van der Waals surface area contributed by atoms with Crippen molar-refractivity contribution in [1.82, 2.24) is 0 Å². The van der Waals surface area contributed by atoms with Crippen molar-refractivity contribution < 1.29 is 9.53 Å². The van der Waals surface area contributed by atoms with Gasteiger partial charge in [0.1, 0.15) is 0 Å². The lowest BCUT2D eigenvalue weighted by Gasteiger charge is -1.61. The van der Waals surface area contributed by atoms with E-state index in [1.165, 1.54) is 0 Å². The number of alkyl halides is 1. The van der Waals surface area contributed by atoms with Crippen LogP contribution in [0.3, 0.4) is 0 Å². The summed E-state index contributed by atoms with van der Waals surface area (Å²) in [4.78, 5) is 9.33. The van der Waals surface area contributed by atoms with Crippen molar-refractivity contribution >= 4 is 17.9 Å². The molecule has 0 aromatic carbocycles. The normalized spacial score (nSPS) is 5.67. The van der Waals surface area contributed by atoms with Crippen LogP contribution in [-0.2, 0) is 9.53 Å². The van der Waals surface area contributed by atoms with Gasteiger partial charge < -0.3 is 4.74 Å². The number of methoxy groups -OCH3 is 1. The van der Waals surface area contributed by atoms with Crippen molar-refractivity contribution in [2.75, 3.05) is 20.1 Å². The number of hydrogen-bond acceptors (Lipinski definition) is 2. The van der Waals surface area contributed by atoms with Crippen molar-refractivity contribution in [2.24, 2.45) is 0 Å². The topological polar surface area (TPSA) is 26.3 Å². The SMILES string of the molecule is COC.O=CC#CCCl.